The minimum atomic E-state index is -0.628. The number of esters is 1. The highest BCUT2D eigenvalue weighted by molar-refractivity contribution is 7.13. The Morgan fingerprint density at radius 3 is 2.62 bits per heavy atom. The lowest BCUT2D eigenvalue weighted by Gasteiger charge is -2.18. The van der Waals surface area contributed by atoms with Gasteiger partial charge in [0.1, 0.15) is 10.8 Å². The van der Waals surface area contributed by atoms with Gasteiger partial charge in [-0.25, -0.2) is 9.37 Å². The SMILES string of the molecule is COC(=O)CC(NC(=O)Cc1csc(-c2ccccc2Cl)n1)c1ccc(F)cc1. The number of benzene rings is 2. The van der Waals surface area contributed by atoms with Crippen molar-refractivity contribution in [3.8, 4) is 10.6 Å². The third kappa shape index (κ3) is 5.62. The minimum absolute atomic E-state index is 0.0415. The topological polar surface area (TPSA) is 68.3 Å². The zero-order valence-electron chi connectivity index (χ0n) is 15.5. The van der Waals surface area contributed by atoms with E-state index in [1.807, 2.05) is 18.2 Å². The number of halogens is 2. The molecule has 3 rings (SSSR count). The van der Waals surface area contributed by atoms with Crippen molar-refractivity contribution in [2.75, 3.05) is 7.11 Å². The number of carbonyl (C=O) groups excluding carboxylic acids is 2. The fraction of sp³-hybridized carbons (Fsp3) is 0.190. The zero-order chi connectivity index (χ0) is 20.8. The molecule has 8 heteroatoms. The van der Waals surface area contributed by atoms with Crippen molar-refractivity contribution >= 4 is 34.8 Å². The highest BCUT2D eigenvalue weighted by Crippen LogP contribution is 2.30. The van der Waals surface area contributed by atoms with Crippen molar-refractivity contribution in [3.63, 3.8) is 0 Å². The van der Waals surface area contributed by atoms with Gasteiger partial charge in [-0.05, 0) is 23.8 Å². The van der Waals surface area contributed by atoms with Crippen LogP contribution < -0.4 is 5.32 Å². The summed E-state index contributed by atoms with van der Waals surface area (Å²) in [7, 11) is 1.28. The standard InChI is InChI=1S/C21H18ClFN2O3S/c1-28-20(27)11-18(13-6-8-14(23)9-7-13)25-19(26)10-15-12-29-21(24-15)16-4-2-3-5-17(16)22/h2-9,12,18H,10-11H2,1H3,(H,25,26). The number of hydrogen-bond acceptors (Lipinski definition) is 5. The average Bonchev–Trinajstić information content (AvgIpc) is 3.16. The third-order valence-corrected chi connectivity index (χ3v) is 5.46. The molecule has 5 nitrogen and oxygen atoms in total. The van der Waals surface area contributed by atoms with E-state index in [-0.39, 0.29) is 18.7 Å². The number of aromatic nitrogens is 1. The van der Waals surface area contributed by atoms with Crippen molar-refractivity contribution in [3.05, 3.63) is 76.0 Å². The summed E-state index contributed by atoms with van der Waals surface area (Å²) >= 11 is 7.60. The Morgan fingerprint density at radius 1 is 1.21 bits per heavy atom. The van der Waals surface area contributed by atoms with Crippen LogP contribution in [0, 0.1) is 5.82 Å². The van der Waals surface area contributed by atoms with Gasteiger partial charge in [0.05, 0.1) is 36.7 Å². The summed E-state index contributed by atoms with van der Waals surface area (Å²) in [6, 6.07) is 12.3. The van der Waals surface area contributed by atoms with E-state index in [1.165, 1.54) is 42.7 Å². The zero-order valence-corrected chi connectivity index (χ0v) is 17.1. The molecule has 0 saturated heterocycles. The van der Waals surface area contributed by atoms with Gasteiger partial charge in [-0.15, -0.1) is 11.3 Å². The van der Waals surface area contributed by atoms with Gasteiger partial charge in [-0.1, -0.05) is 41.9 Å². The second kappa shape index (κ2) is 9.62. The lowest BCUT2D eigenvalue weighted by atomic mass is 10.0. The Balaban J connectivity index is 1.71. The highest BCUT2D eigenvalue weighted by Gasteiger charge is 2.20. The number of hydrogen-bond donors (Lipinski definition) is 1. The summed E-state index contributed by atoms with van der Waals surface area (Å²) in [5.74, 6) is -1.18. The molecule has 29 heavy (non-hydrogen) atoms. The number of ether oxygens (including phenoxy) is 1. The van der Waals surface area contributed by atoms with Gasteiger partial charge < -0.3 is 10.1 Å². The fourth-order valence-electron chi connectivity index (χ4n) is 2.75. The Hall–Kier alpha value is -2.77. The molecule has 0 saturated carbocycles. The maximum absolute atomic E-state index is 13.2. The Kier molecular flexibility index (Phi) is 6.95. The number of nitrogens with one attached hydrogen (secondary N) is 1. The van der Waals surface area contributed by atoms with Gasteiger partial charge in [0.2, 0.25) is 5.91 Å². The summed E-state index contributed by atoms with van der Waals surface area (Å²) in [4.78, 5) is 28.8. The third-order valence-electron chi connectivity index (χ3n) is 4.20. The molecule has 1 amide bonds. The minimum Gasteiger partial charge on any atom is -0.469 e. The number of amides is 1. The van der Waals surface area contributed by atoms with Gasteiger partial charge >= 0.3 is 5.97 Å². The molecule has 150 valence electrons. The van der Waals surface area contributed by atoms with Crippen LogP contribution in [0.25, 0.3) is 10.6 Å². The smallest absolute Gasteiger partial charge is 0.307 e. The molecule has 1 heterocycles. The quantitative estimate of drug-likeness (QED) is 0.555. The molecule has 0 spiro atoms. The normalized spacial score (nSPS) is 11.7. The molecule has 3 aromatic rings. The van der Waals surface area contributed by atoms with Crippen molar-refractivity contribution in [2.45, 2.75) is 18.9 Å². The van der Waals surface area contributed by atoms with Crippen LogP contribution in [0.1, 0.15) is 23.7 Å². The fourth-order valence-corrected chi connectivity index (χ4v) is 3.89. The Morgan fingerprint density at radius 2 is 1.93 bits per heavy atom. The summed E-state index contributed by atoms with van der Waals surface area (Å²) in [5.41, 5.74) is 2.01. The van der Waals surface area contributed by atoms with E-state index in [0.29, 0.717) is 16.3 Å². The monoisotopic (exact) mass is 432 g/mol. The highest BCUT2D eigenvalue weighted by atomic mass is 35.5. The predicted octanol–water partition coefficient (Wildman–Crippen LogP) is 4.57. The van der Waals surface area contributed by atoms with E-state index >= 15 is 0 Å². The summed E-state index contributed by atoms with van der Waals surface area (Å²) in [6.45, 7) is 0. The molecular formula is C21H18ClFN2O3S. The van der Waals surface area contributed by atoms with E-state index < -0.39 is 17.8 Å². The molecular weight excluding hydrogens is 415 g/mol. The first kappa shape index (κ1) is 21.0. The van der Waals surface area contributed by atoms with Crippen LogP contribution in [0.2, 0.25) is 5.02 Å². The van der Waals surface area contributed by atoms with Crippen molar-refractivity contribution < 1.29 is 18.7 Å². The molecule has 0 bridgehead atoms. The summed E-state index contributed by atoms with van der Waals surface area (Å²) < 4.78 is 17.9. The number of methoxy groups -OCH3 is 1. The van der Waals surface area contributed by atoms with E-state index in [2.05, 4.69) is 10.3 Å². The van der Waals surface area contributed by atoms with E-state index in [9.17, 15) is 14.0 Å². The van der Waals surface area contributed by atoms with Gasteiger partial charge in [0, 0.05) is 10.9 Å². The molecule has 0 aliphatic rings. The number of nitrogens with zero attached hydrogens (tertiary/aromatic N) is 1. The van der Waals surface area contributed by atoms with Crippen molar-refractivity contribution in [1.82, 2.24) is 10.3 Å². The van der Waals surface area contributed by atoms with Gasteiger partial charge in [-0.3, -0.25) is 9.59 Å². The van der Waals surface area contributed by atoms with Crippen LogP contribution in [0.3, 0.4) is 0 Å². The first-order valence-corrected chi connectivity index (χ1v) is 10.0. The van der Waals surface area contributed by atoms with E-state index in [4.69, 9.17) is 16.3 Å². The molecule has 0 aliphatic carbocycles. The number of carbonyl (C=O) groups is 2. The molecule has 1 aromatic heterocycles. The van der Waals surface area contributed by atoms with Crippen molar-refractivity contribution in [2.24, 2.45) is 0 Å². The summed E-state index contributed by atoms with van der Waals surface area (Å²) in [5, 5.41) is 5.92. The molecule has 0 radical (unpaired) electrons. The maximum atomic E-state index is 13.2. The average molecular weight is 433 g/mol. The largest absolute Gasteiger partial charge is 0.469 e. The van der Waals surface area contributed by atoms with E-state index in [0.717, 1.165) is 10.6 Å². The summed E-state index contributed by atoms with van der Waals surface area (Å²) in [6.07, 6.45) is -0.0182. The van der Waals surface area contributed by atoms with Crippen molar-refractivity contribution in [1.29, 1.82) is 0 Å². The number of rotatable bonds is 7. The van der Waals surface area contributed by atoms with Gasteiger partial charge in [0.15, 0.2) is 0 Å². The lowest BCUT2D eigenvalue weighted by Crippen LogP contribution is -2.31. The van der Waals surface area contributed by atoms with Crippen LogP contribution in [0.5, 0.6) is 0 Å². The first-order chi connectivity index (χ1) is 14.0. The van der Waals surface area contributed by atoms with Crippen LogP contribution in [-0.4, -0.2) is 24.0 Å². The molecule has 0 fully saturated rings. The molecule has 1 atom stereocenters. The van der Waals surface area contributed by atoms with Crippen LogP contribution >= 0.6 is 22.9 Å². The van der Waals surface area contributed by atoms with Crippen LogP contribution in [0.4, 0.5) is 4.39 Å². The van der Waals surface area contributed by atoms with Crippen LogP contribution in [-0.2, 0) is 20.7 Å². The predicted molar refractivity (Wildman–Crippen MR) is 110 cm³/mol. The van der Waals surface area contributed by atoms with Gasteiger partial charge in [0.25, 0.3) is 0 Å². The molecule has 1 unspecified atom stereocenters. The van der Waals surface area contributed by atoms with E-state index in [1.54, 1.807) is 11.4 Å². The molecule has 0 aliphatic heterocycles. The van der Waals surface area contributed by atoms with Crippen LogP contribution in [0.15, 0.2) is 53.9 Å². The molecule has 2 aromatic carbocycles. The Bertz CT molecular complexity index is 1010. The second-order valence-corrected chi connectivity index (χ2v) is 7.52. The molecule has 1 N–H and O–H groups in total. The Labute approximate surface area is 176 Å². The maximum Gasteiger partial charge on any atom is 0.307 e. The second-order valence-electron chi connectivity index (χ2n) is 6.25. The number of thiazole rings is 1. The van der Waals surface area contributed by atoms with Gasteiger partial charge in [-0.2, -0.15) is 0 Å². The first-order valence-electron chi connectivity index (χ1n) is 8.77. The lowest BCUT2D eigenvalue weighted by molar-refractivity contribution is -0.141.